The fraction of sp³-hybridized carbons (Fsp3) is 0.818. The molecule has 1 aromatic rings. The van der Waals surface area contributed by atoms with Gasteiger partial charge in [0.2, 0.25) is 0 Å². The number of nitrogens with zero attached hydrogens (tertiary/aromatic N) is 2. The van der Waals surface area contributed by atoms with E-state index in [9.17, 15) is 0 Å². The van der Waals surface area contributed by atoms with E-state index in [-0.39, 0.29) is 0 Å². The third kappa shape index (κ3) is 5.00. The second-order valence-electron chi connectivity index (χ2n) is 3.80. The Morgan fingerprint density at radius 2 is 1.79 bits per heavy atom. The third-order valence-corrected chi connectivity index (χ3v) is 2.48. The lowest BCUT2D eigenvalue weighted by atomic mass is 10.1. The maximum absolute atomic E-state index is 4.10. The summed E-state index contributed by atoms with van der Waals surface area (Å²) in [6.45, 7) is 2.25. The van der Waals surface area contributed by atoms with Crippen LogP contribution in [-0.4, -0.2) is 15.2 Å². The van der Waals surface area contributed by atoms with Crippen LogP contribution in [-0.2, 0) is 6.42 Å². The molecule has 0 saturated heterocycles. The van der Waals surface area contributed by atoms with Gasteiger partial charge in [0.25, 0.3) is 0 Å². The summed E-state index contributed by atoms with van der Waals surface area (Å²) in [5.41, 5.74) is 0. The molecular formula is C11H21N3. The lowest BCUT2D eigenvalue weighted by molar-refractivity contribution is 0.585. The summed E-state index contributed by atoms with van der Waals surface area (Å²) in [7, 11) is 0. The maximum Gasteiger partial charge on any atom is 0.137 e. The number of unbranched alkanes of at least 4 members (excludes halogenated alkanes) is 6. The molecule has 0 atom stereocenters. The highest BCUT2D eigenvalue weighted by Gasteiger charge is 1.95. The van der Waals surface area contributed by atoms with Gasteiger partial charge in [-0.05, 0) is 6.42 Å². The first-order chi connectivity index (χ1) is 6.93. The Hall–Kier alpha value is -0.860. The first-order valence-electron chi connectivity index (χ1n) is 5.77. The maximum atomic E-state index is 4.10. The van der Waals surface area contributed by atoms with E-state index < -0.39 is 0 Å². The van der Waals surface area contributed by atoms with Crippen LogP contribution in [0, 0.1) is 0 Å². The van der Waals surface area contributed by atoms with Crippen LogP contribution in [0.25, 0.3) is 0 Å². The molecule has 80 valence electrons. The first-order valence-corrected chi connectivity index (χ1v) is 5.77. The second-order valence-corrected chi connectivity index (χ2v) is 3.80. The summed E-state index contributed by atoms with van der Waals surface area (Å²) in [5, 5.41) is 6.71. The molecule has 3 nitrogen and oxygen atoms in total. The highest BCUT2D eigenvalue weighted by molar-refractivity contribution is 4.79. The average Bonchev–Trinajstić information content (AvgIpc) is 2.69. The number of nitrogens with one attached hydrogen (secondary N) is 1. The quantitative estimate of drug-likeness (QED) is 0.648. The zero-order valence-corrected chi connectivity index (χ0v) is 9.13. The van der Waals surface area contributed by atoms with E-state index in [1.54, 1.807) is 6.33 Å². The van der Waals surface area contributed by atoms with Gasteiger partial charge in [0.15, 0.2) is 0 Å². The molecule has 1 N–H and O–H groups in total. The standard InChI is InChI=1S/C11H21N3/c1-2-3-4-5-6-7-8-9-11-12-10-13-14-11/h10H,2-9H2,1H3,(H,12,13,14). The van der Waals surface area contributed by atoms with E-state index in [1.807, 2.05) is 0 Å². The summed E-state index contributed by atoms with van der Waals surface area (Å²) in [4.78, 5) is 4.10. The van der Waals surface area contributed by atoms with Crippen LogP contribution < -0.4 is 0 Å². The highest BCUT2D eigenvalue weighted by atomic mass is 15.2. The topological polar surface area (TPSA) is 41.6 Å². The summed E-state index contributed by atoms with van der Waals surface area (Å²) in [5.74, 6) is 1.03. The molecule has 1 aromatic heterocycles. The van der Waals surface area contributed by atoms with Gasteiger partial charge in [-0.1, -0.05) is 45.4 Å². The van der Waals surface area contributed by atoms with Gasteiger partial charge < -0.3 is 0 Å². The van der Waals surface area contributed by atoms with Crippen molar-refractivity contribution >= 4 is 0 Å². The number of hydrogen-bond acceptors (Lipinski definition) is 2. The number of aryl methyl sites for hydroxylation is 1. The van der Waals surface area contributed by atoms with Crippen molar-refractivity contribution in [2.24, 2.45) is 0 Å². The largest absolute Gasteiger partial charge is 0.263 e. The van der Waals surface area contributed by atoms with Gasteiger partial charge in [-0.25, -0.2) is 4.98 Å². The van der Waals surface area contributed by atoms with Crippen LogP contribution in [0.2, 0.25) is 0 Å². The van der Waals surface area contributed by atoms with Crippen LogP contribution in [0.5, 0.6) is 0 Å². The Morgan fingerprint density at radius 1 is 1.07 bits per heavy atom. The minimum absolute atomic E-state index is 1.03. The van der Waals surface area contributed by atoms with E-state index in [1.165, 1.54) is 44.9 Å². The molecule has 0 saturated carbocycles. The van der Waals surface area contributed by atoms with Gasteiger partial charge in [0, 0.05) is 6.42 Å². The molecule has 0 aromatic carbocycles. The van der Waals surface area contributed by atoms with Crippen molar-refractivity contribution in [3.8, 4) is 0 Å². The molecular weight excluding hydrogens is 174 g/mol. The predicted octanol–water partition coefficient (Wildman–Crippen LogP) is 3.10. The van der Waals surface area contributed by atoms with E-state index in [4.69, 9.17) is 0 Å². The number of aromatic amines is 1. The Balaban J connectivity index is 1.85. The lowest BCUT2D eigenvalue weighted by Crippen LogP contribution is -1.88. The molecule has 1 heterocycles. The van der Waals surface area contributed by atoms with Crippen molar-refractivity contribution in [2.75, 3.05) is 0 Å². The minimum atomic E-state index is 1.03. The Kier molecular flexibility index (Phi) is 6.04. The number of rotatable bonds is 8. The molecule has 0 aliphatic heterocycles. The predicted molar refractivity (Wildman–Crippen MR) is 58.1 cm³/mol. The molecule has 0 amide bonds. The average molecular weight is 195 g/mol. The van der Waals surface area contributed by atoms with Crippen molar-refractivity contribution in [3.63, 3.8) is 0 Å². The van der Waals surface area contributed by atoms with E-state index in [2.05, 4.69) is 22.1 Å². The van der Waals surface area contributed by atoms with Crippen molar-refractivity contribution in [2.45, 2.75) is 58.3 Å². The molecule has 14 heavy (non-hydrogen) atoms. The number of aromatic nitrogens is 3. The number of H-pyrrole nitrogens is 1. The van der Waals surface area contributed by atoms with E-state index in [0.29, 0.717) is 0 Å². The highest BCUT2D eigenvalue weighted by Crippen LogP contribution is 2.08. The zero-order valence-electron chi connectivity index (χ0n) is 9.13. The zero-order chi connectivity index (χ0) is 10.1. The molecule has 1 rings (SSSR count). The molecule has 3 heteroatoms. The van der Waals surface area contributed by atoms with Crippen LogP contribution >= 0.6 is 0 Å². The van der Waals surface area contributed by atoms with Gasteiger partial charge in [-0.3, -0.25) is 5.10 Å². The smallest absolute Gasteiger partial charge is 0.137 e. The van der Waals surface area contributed by atoms with Crippen molar-refractivity contribution in [1.82, 2.24) is 15.2 Å². The van der Waals surface area contributed by atoms with Crippen LogP contribution in [0.15, 0.2) is 6.33 Å². The van der Waals surface area contributed by atoms with E-state index in [0.717, 1.165) is 12.2 Å². The molecule has 0 fully saturated rings. The Bertz CT molecular complexity index is 206. The SMILES string of the molecule is CCCCCCCCCc1ncn[nH]1. The minimum Gasteiger partial charge on any atom is -0.263 e. The normalized spacial score (nSPS) is 10.6. The third-order valence-electron chi connectivity index (χ3n) is 2.48. The molecule has 0 unspecified atom stereocenters. The molecule has 0 aliphatic carbocycles. The monoisotopic (exact) mass is 195 g/mol. The van der Waals surface area contributed by atoms with Gasteiger partial charge >= 0.3 is 0 Å². The van der Waals surface area contributed by atoms with Crippen LogP contribution in [0.4, 0.5) is 0 Å². The fourth-order valence-corrected chi connectivity index (χ4v) is 1.60. The van der Waals surface area contributed by atoms with Gasteiger partial charge in [0.1, 0.15) is 12.2 Å². The summed E-state index contributed by atoms with van der Waals surface area (Å²) in [6.07, 6.45) is 12.1. The van der Waals surface area contributed by atoms with Crippen molar-refractivity contribution in [3.05, 3.63) is 12.2 Å². The van der Waals surface area contributed by atoms with E-state index >= 15 is 0 Å². The lowest BCUT2D eigenvalue weighted by Gasteiger charge is -1.99. The van der Waals surface area contributed by atoms with Gasteiger partial charge in [-0.15, -0.1) is 0 Å². The second kappa shape index (κ2) is 7.54. The van der Waals surface area contributed by atoms with Crippen LogP contribution in [0.3, 0.4) is 0 Å². The van der Waals surface area contributed by atoms with Gasteiger partial charge in [-0.2, -0.15) is 5.10 Å². The fourth-order valence-electron chi connectivity index (χ4n) is 1.60. The molecule has 0 radical (unpaired) electrons. The summed E-state index contributed by atoms with van der Waals surface area (Å²) in [6, 6.07) is 0. The van der Waals surface area contributed by atoms with Crippen LogP contribution in [0.1, 0.15) is 57.7 Å². The van der Waals surface area contributed by atoms with Gasteiger partial charge in [0.05, 0.1) is 0 Å². The first kappa shape index (κ1) is 11.2. The number of hydrogen-bond donors (Lipinski definition) is 1. The molecule has 0 bridgehead atoms. The Labute approximate surface area is 86.3 Å². The summed E-state index contributed by atoms with van der Waals surface area (Å²) >= 11 is 0. The molecule has 0 spiro atoms. The van der Waals surface area contributed by atoms with Crippen molar-refractivity contribution < 1.29 is 0 Å². The Morgan fingerprint density at radius 3 is 2.43 bits per heavy atom. The van der Waals surface area contributed by atoms with Crippen molar-refractivity contribution in [1.29, 1.82) is 0 Å². The summed E-state index contributed by atoms with van der Waals surface area (Å²) < 4.78 is 0. The molecule has 0 aliphatic rings.